The van der Waals surface area contributed by atoms with Crippen molar-refractivity contribution in [1.82, 2.24) is 20.5 Å². The first kappa shape index (κ1) is 19.7. The zero-order valence-corrected chi connectivity index (χ0v) is 17.1. The Balaban J connectivity index is 1.55. The van der Waals surface area contributed by atoms with Crippen molar-refractivity contribution in [3.8, 4) is 11.4 Å². The number of nitrogens with one attached hydrogen (secondary N) is 2. The smallest absolute Gasteiger partial charge is 0.230 e. The van der Waals surface area contributed by atoms with Crippen molar-refractivity contribution in [2.45, 2.75) is 25.0 Å². The van der Waals surface area contributed by atoms with Gasteiger partial charge in [-0.05, 0) is 31.5 Å². The molecule has 2 aromatic carbocycles. The summed E-state index contributed by atoms with van der Waals surface area (Å²) in [7, 11) is 0. The summed E-state index contributed by atoms with van der Waals surface area (Å²) in [6.07, 6.45) is 0. The Morgan fingerprint density at radius 2 is 1.96 bits per heavy atom. The number of benzene rings is 2. The molecular formula is C19H18Cl2N4OS. The van der Waals surface area contributed by atoms with Crippen LogP contribution in [0.1, 0.15) is 24.1 Å². The molecular weight excluding hydrogens is 403 g/mol. The SMILES string of the molecule is Cc1ccc(-c2nc(SCC(=O)NC(C)c3ccc(Cl)cc3Cl)n[nH]2)cc1. The number of halogens is 2. The van der Waals surface area contributed by atoms with Crippen molar-refractivity contribution in [3.05, 3.63) is 63.6 Å². The maximum absolute atomic E-state index is 12.2. The number of hydrogen-bond acceptors (Lipinski definition) is 4. The third-order valence-corrected chi connectivity index (χ3v) is 5.34. The van der Waals surface area contributed by atoms with E-state index in [0.29, 0.717) is 21.0 Å². The summed E-state index contributed by atoms with van der Waals surface area (Å²) in [5, 5.41) is 11.6. The number of aryl methyl sites for hydroxylation is 1. The Morgan fingerprint density at radius 3 is 2.67 bits per heavy atom. The van der Waals surface area contributed by atoms with E-state index in [9.17, 15) is 4.79 Å². The number of aromatic amines is 1. The van der Waals surface area contributed by atoms with Gasteiger partial charge in [-0.25, -0.2) is 4.98 Å². The molecule has 27 heavy (non-hydrogen) atoms. The first-order valence-corrected chi connectivity index (χ1v) is 10.0. The van der Waals surface area contributed by atoms with Crippen LogP contribution < -0.4 is 5.32 Å². The van der Waals surface area contributed by atoms with Crippen LogP contribution in [0.2, 0.25) is 10.0 Å². The molecule has 140 valence electrons. The monoisotopic (exact) mass is 420 g/mol. The van der Waals surface area contributed by atoms with E-state index in [0.717, 1.165) is 11.1 Å². The topological polar surface area (TPSA) is 70.7 Å². The molecule has 0 aliphatic carbocycles. The Labute approximate surface area is 171 Å². The molecule has 0 spiro atoms. The van der Waals surface area contributed by atoms with E-state index in [1.165, 1.54) is 17.3 Å². The van der Waals surface area contributed by atoms with Crippen LogP contribution in [0.4, 0.5) is 0 Å². The molecule has 3 rings (SSSR count). The van der Waals surface area contributed by atoms with Gasteiger partial charge in [0, 0.05) is 15.6 Å². The highest BCUT2D eigenvalue weighted by atomic mass is 35.5. The molecule has 2 N–H and O–H groups in total. The van der Waals surface area contributed by atoms with E-state index >= 15 is 0 Å². The normalized spacial score (nSPS) is 12.0. The maximum Gasteiger partial charge on any atom is 0.230 e. The van der Waals surface area contributed by atoms with Gasteiger partial charge in [-0.15, -0.1) is 5.10 Å². The number of carbonyl (C=O) groups is 1. The van der Waals surface area contributed by atoms with E-state index in [1.807, 2.05) is 44.2 Å². The molecule has 1 amide bonds. The summed E-state index contributed by atoms with van der Waals surface area (Å²) >= 11 is 13.4. The molecule has 1 unspecified atom stereocenters. The molecule has 0 saturated carbocycles. The van der Waals surface area contributed by atoms with Gasteiger partial charge in [0.15, 0.2) is 5.82 Å². The number of amides is 1. The van der Waals surface area contributed by atoms with Crippen molar-refractivity contribution in [2.75, 3.05) is 5.75 Å². The predicted octanol–water partition coefficient (Wildman–Crippen LogP) is 5.06. The second kappa shape index (κ2) is 8.78. The largest absolute Gasteiger partial charge is 0.349 e. The lowest BCUT2D eigenvalue weighted by molar-refractivity contribution is -0.119. The first-order chi connectivity index (χ1) is 12.9. The van der Waals surface area contributed by atoms with Crippen molar-refractivity contribution in [2.24, 2.45) is 0 Å². The summed E-state index contributed by atoms with van der Waals surface area (Å²) in [6.45, 7) is 3.91. The predicted molar refractivity (Wildman–Crippen MR) is 110 cm³/mol. The number of H-pyrrole nitrogens is 1. The Kier molecular flexibility index (Phi) is 6.42. The molecule has 0 saturated heterocycles. The first-order valence-electron chi connectivity index (χ1n) is 8.29. The molecule has 3 aromatic rings. The minimum absolute atomic E-state index is 0.125. The zero-order valence-electron chi connectivity index (χ0n) is 14.8. The van der Waals surface area contributed by atoms with Gasteiger partial charge in [0.05, 0.1) is 11.8 Å². The number of hydrogen-bond donors (Lipinski definition) is 2. The van der Waals surface area contributed by atoms with Gasteiger partial charge in [-0.2, -0.15) is 0 Å². The lowest BCUT2D eigenvalue weighted by Gasteiger charge is -2.15. The Morgan fingerprint density at radius 1 is 1.22 bits per heavy atom. The number of rotatable bonds is 6. The van der Waals surface area contributed by atoms with E-state index in [2.05, 4.69) is 20.5 Å². The quantitative estimate of drug-likeness (QED) is 0.546. The molecule has 1 atom stereocenters. The van der Waals surface area contributed by atoms with Crippen molar-refractivity contribution < 1.29 is 4.79 Å². The van der Waals surface area contributed by atoms with Crippen LogP contribution in [0.15, 0.2) is 47.6 Å². The summed E-state index contributed by atoms with van der Waals surface area (Å²) in [6, 6.07) is 13.0. The average molecular weight is 421 g/mol. The fraction of sp³-hybridized carbons (Fsp3) is 0.211. The number of carbonyl (C=O) groups excluding carboxylic acids is 1. The van der Waals surface area contributed by atoms with E-state index in [1.54, 1.807) is 12.1 Å². The molecule has 0 aliphatic heterocycles. The minimum atomic E-state index is -0.224. The average Bonchev–Trinajstić information content (AvgIpc) is 3.09. The highest BCUT2D eigenvalue weighted by molar-refractivity contribution is 7.99. The molecule has 0 bridgehead atoms. The van der Waals surface area contributed by atoms with Crippen molar-refractivity contribution >= 4 is 40.9 Å². The van der Waals surface area contributed by atoms with Crippen LogP contribution in [-0.2, 0) is 4.79 Å². The minimum Gasteiger partial charge on any atom is -0.349 e. The molecule has 1 heterocycles. The number of aromatic nitrogens is 3. The van der Waals surface area contributed by atoms with Crippen LogP contribution in [-0.4, -0.2) is 26.8 Å². The third-order valence-electron chi connectivity index (χ3n) is 3.93. The molecule has 5 nitrogen and oxygen atoms in total. The number of nitrogens with zero attached hydrogens (tertiary/aromatic N) is 2. The second-order valence-corrected chi connectivity index (χ2v) is 7.86. The fourth-order valence-corrected chi connectivity index (χ4v) is 3.68. The Bertz CT molecular complexity index is 943. The van der Waals surface area contributed by atoms with Crippen LogP contribution in [0.5, 0.6) is 0 Å². The molecule has 0 fully saturated rings. The van der Waals surface area contributed by atoms with E-state index in [4.69, 9.17) is 23.2 Å². The lowest BCUT2D eigenvalue weighted by Crippen LogP contribution is -2.28. The van der Waals surface area contributed by atoms with Crippen LogP contribution in [0, 0.1) is 6.92 Å². The zero-order chi connectivity index (χ0) is 19.4. The summed E-state index contributed by atoms with van der Waals surface area (Å²) in [5.41, 5.74) is 2.95. The molecule has 0 aliphatic rings. The van der Waals surface area contributed by atoms with Crippen LogP contribution in [0.25, 0.3) is 11.4 Å². The van der Waals surface area contributed by atoms with E-state index < -0.39 is 0 Å². The van der Waals surface area contributed by atoms with Crippen LogP contribution in [0.3, 0.4) is 0 Å². The van der Waals surface area contributed by atoms with Gasteiger partial charge in [0.25, 0.3) is 0 Å². The lowest BCUT2D eigenvalue weighted by atomic mass is 10.1. The van der Waals surface area contributed by atoms with Gasteiger partial charge < -0.3 is 5.32 Å². The Hall–Kier alpha value is -2.02. The maximum atomic E-state index is 12.2. The summed E-state index contributed by atoms with van der Waals surface area (Å²) in [4.78, 5) is 16.6. The van der Waals surface area contributed by atoms with Crippen molar-refractivity contribution in [1.29, 1.82) is 0 Å². The van der Waals surface area contributed by atoms with Gasteiger partial charge >= 0.3 is 0 Å². The third kappa shape index (κ3) is 5.25. The summed E-state index contributed by atoms with van der Waals surface area (Å²) < 4.78 is 0. The van der Waals surface area contributed by atoms with Gasteiger partial charge in [-0.1, -0.05) is 70.9 Å². The standard InChI is InChI=1S/C19H18Cl2N4OS/c1-11-3-5-13(6-4-11)18-23-19(25-24-18)27-10-17(26)22-12(2)15-8-7-14(20)9-16(15)21/h3-9,12H,10H2,1-2H3,(H,22,26)(H,23,24,25). The summed E-state index contributed by atoms with van der Waals surface area (Å²) in [5.74, 6) is 0.764. The van der Waals surface area contributed by atoms with E-state index in [-0.39, 0.29) is 17.7 Å². The molecule has 0 radical (unpaired) electrons. The van der Waals surface area contributed by atoms with Gasteiger partial charge in [0.2, 0.25) is 11.1 Å². The highest BCUT2D eigenvalue weighted by Crippen LogP contribution is 2.26. The molecule has 1 aromatic heterocycles. The van der Waals surface area contributed by atoms with Gasteiger partial charge in [-0.3, -0.25) is 9.89 Å². The second-order valence-electron chi connectivity index (χ2n) is 6.08. The molecule has 8 heteroatoms. The van der Waals surface area contributed by atoms with Gasteiger partial charge in [0.1, 0.15) is 0 Å². The fourth-order valence-electron chi connectivity index (χ4n) is 2.50. The van der Waals surface area contributed by atoms with Crippen LogP contribution >= 0.6 is 35.0 Å². The number of thioether (sulfide) groups is 1. The highest BCUT2D eigenvalue weighted by Gasteiger charge is 2.14. The van der Waals surface area contributed by atoms with Crippen molar-refractivity contribution in [3.63, 3.8) is 0 Å².